The van der Waals surface area contributed by atoms with E-state index in [1.165, 1.54) is 6.20 Å². The van der Waals surface area contributed by atoms with Crippen molar-refractivity contribution in [1.82, 2.24) is 9.88 Å². The normalized spacial score (nSPS) is 10.1. The summed E-state index contributed by atoms with van der Waals surface area (Å²) in [4.78, 5) is 17.7. The summed E-state index contributed by atoms with van der Waals surface area (Å²) in [5, 5.41) is 8.77. The molecule has 90 valence electrons. The molecule has 0 saturated carbocycles. The van der Waals surface area contributed by atoms with E-state index in [1.54, 1.807) is 17.0 Å². The second-order valence-corrected chi connectivity index (χ2v) is 4.20. The predicted octanol–water partition coefficient (Wildman–Crippen LogP) is 2.50. The van der Waals surface area contributed by atoms with Gasteiger partial charge in [0.2, 0.25) is 0 Å². The molecule has 0 aliphatic rings. The van der Waals surface area contributed by atoms with Crippen LogP contribution >= 0.6 is 11.6 Å². The van der Waals surface area contributed by atoms with Crippen molar-refractivity contribution in [2.45, 2.75) is 26.3 Å². The summed E-state index contributed by atoms with van der Waals surface area (Å²) in [6, 6.07) is 5.36. The van der Waals surface area contributed by atoms with Crippen molar-refractivity contribution in [3.05, 3.63) is 29.0 Å². The fraction of sp³-hybridized carbons (Fsp3) is 0.417. The SMILES string of the molecule is CC(C)N(CCC#N)C(=O)c1cccnc1Cl. The summed E-state index contributed by atoms with van der Waals surface area (Å²) in [6.45, 7) is 4.21. The highest BCUT2D eigenvalue weighted by atomic mass is 35.5. The number of carbonyl (C=O) groups excluding carboxylic acids is 1. The smallest absolute Gasteiger partial charge is 0.257 e. The lowest BCUT2D eigenvalue weighted by molar-refractivity contribution is 0.0710. The minimum atomic E-state index is -0.187. The van der Waals surface area contributed by atoms with E-state index < -0.39 is 0 Å². The maximum atomic E-state index is 12.2. The van der Waals surface area contributed by atoms with Gasteiger partial charge in [-0.1, -0.05) is 11.6 Å². The molecule has 1 aromatic rings. The molecule has 5 heteroatoms. The molecule has 4 nitrogen and oxygen atoms in total. The quantitative estimate of drug-likeness (QED) is 0.773. The largest absolute Gasteiger partial charge is 0.335 e. The zero-order valence-electron chi connectivity index (χ0n) is 9.85. The fourth-order valence-electron chi connectivity index (χ4n) is 1.46. The van der Waals surface area contributed by atoms with Crippen LogP contribution < -0.4 is 0 Å². The summed E-state index contributed by atoms with van der Waals surface area (Å²) in [5.41, 5.74) is 0.376. The van der Waals surface area contributed by atoms with Gasteiger partial charge in [0, 0.05) is 18.8 Å². The van der Waals surface area contributed by atoms with E-state index in [2.05, 4.69) is 4.98 Å². The Labute approximate surface area is 106 Å². The van der Waals surface area contributed by atoms with Crippen molar-refractivity contribution >= 4 is 17.5 Å². The molecule has 0 saturated heterocycles. The molecule has 0 spiro atoms. The minimum absolute atomic E-state index is 0.0205. The third-order valence-electron chi connectivity index (χ3n) is 2.34. The number of pyridine rings is 1. The van der Waals surface area contributed by atoms with Crippen molar-refractivity contribution in [3.63, 3.8) is 0 Å². The number of halogens is 1. The van der Waals surface area contributed by atoms with E-state index in [0.29, 0.717) is 18.5 Å². The van der Waals surface area contributed by atoms with Crippen LogP contribution in [0.25, 0.3) is 0 Å². The highest BCUT2D eigenvalue weighted by Gasteiger charge is 2.20. The average Bonchev–Trinajstić information content (AvgIpc) is 2.29. The molecule has 0 aliphatic heterocycles. The number of nitriles is 1. The van der Waals surface area contributed by atoms with E-state index in [1.807, 2.05) is 19.9 Å². The van der Waals surface area contributed by atoms with Gasteiger partial charge in [-0.25, -0.2) is 4.98 Å². The highest BCUT2D eigenvalue weighted by molar-refractivity contribution is 6.32. The molecule has 1 aromatic heterocycles. The second kappa shape index (κ2) is 6.21. The fourth-order valence-corrected chi connectivity index (χ4v) is 1.67. The van der Waals surface area contributed by atoms with Crippen LogP contribution in [-0.2, 0) is 0 Å². The van der Waals surface area contributed by atoms with Crippen LogP contribution in [-0.4, -0.2) is 28.4 Å². The van der Waals surface area contributed by atoms with Crippen molar-refractivity contribution in [2.75, 3.05) is 6.54 Å². The van der Waals surface area contributed by atoms with Crippen molar-refractivity contribution < 1.29 is 4.79 Å². The molecule has 0 fully saturated rings. The Bertz CT molecular complexity index is 440. The van der Waals surface area contributed by atoms with Crippen LogP contribution in [0.2, 0.25) is 5.15 Å². The number of rotatable bonds is 4. The number of aromatic nitrogens is 1. The lowest BCUT2D eigenvalue weighted by Gasteiger charge is -2.26. The van der Waals surface area contributed by atoms with Gasteiger partial charge in [0.25, 0.3) is 5.91 Å². The molecule has 1 amide bonds. The van der Waals surface area contributed by atoms with E-state index in [-0.39, 0.29) is 17.1 Å². The van der Waals surface area contributed by atoms with Crippen molar-refractivity contribution in [2.24, 2.45) is 0 Å². The van der Waals surface area contributed by atoms with E-state index in [9.17, 15) is 4.79 Å². The standard InChI is InChI=1S/C12H14ClN3O/c1-9(2)16(8-4-6-14)12(17)10-5-3-7-15-11(10)13/h3,5,7,9H,4,8H2,1-2H3. The second-order valence-electron chi connectivity index (χ2n) is 3.84. The molecule has 0 radical (unpaired) electrons. The summed E-state index contributed by atoms with van der Waals surface area (Å²) in [7, 11) is 0. The third kappa shape index (κ3) is 3.43. The average molecular weight is 252 g/mol. The first-order valence-corrected chi connectivity index (χ1v) is 5.74. The highest BCUT2D eigenvalue weighted by Crippen LogP contribution is 2.16. The summed E-state index contributed by atoms with van der Waals surface area (Å²) in [5.74, 6) is -0.187. The van der Waals surface area contributed by atoms with Crippen LogP contribution in [0.4, 0.5) is 0 Å². The zero-order chi connectivity index (χ0) is 12.8. The van der Waals surface area contributed by atoms with Crippen molar-refractivity contribution in [1.29, 1.82) is 5.26 Å². The van der Waals surface area contributed by atoms with Crippen LogP contribution in [0.1, 0.15) is 30.6 Å². The van der Waals surface area contributed by atoms with Crippen LogP contribution in [0, 0.1) is 11.3 Å². The van der Waals surface area contributed by atoms with Gasteiger partial charge in [0.15, 0.2) is 0 Å². The Kier molecular flexibility index (Phi) is 4.92. The molecular formula is C12H14ClN3O. The molecule has 0 unspecified atom stereocenters. The monoisotopic (exact) mass is 251 g/mol. The van der Waals surface area contributed by atoms with Gasteiger partial charge >= 0.3 is 0 Å². The summed E-state index contributed by atoms with van der Waals surface area (Å²) < 4.78 is 0. The Morgan fingerprint density at radius 1 is 1.65 bits per heavy atom. The molecule has 0 atom stereocenters. The summed E-state index contributed by atoms with van der Waals surface area (Å²) in [6.07, 6.45) is 1.84. The lowest BCUT2D eigenvalue weighted by atomic mass is 10.2. The first kappa shape index (κ1) is 13.5. The molecule has 1 heterocycles. The van der Waals surface area contributed by atoms with Crippen molar-refractivity contribution in [3.8, 4) is 6.07 Å². The first-order chi connectivity index (χ1) is 8.07. The van der Waals surface area contributed by atoms with E-state index in [0.717, 1.165) is 0 Å². The molecule has 0 N–H and O–H groups in total. The Balaban J connectivity index is 2.93. The van der Waals surface area contributed by atoms with Gasteiger partial charge in [-0.05, 0) is 26.0 Å². The maximum Gasteiger partial charge on any atom is 0.257 e. The maximum absolute atomic E-state index is 12.2. The molecule has 0 aromatic carbocycles. The van der Waals surface area contributed by atoms with E-state index in [4.69, 9.17) is 16.9 Å². The molecular weight excluding hydrogens is 238 g/mol. The first-order valence-electron chi connectivity index (χ1n) is 5.36. The topological polar surface area (TPSA) is 57.0 Å². The molecule has 1 rings (SSSR count). The van der Waals surface area contributed by atoms with Gasteiger partial charge in [0.05, 0.1) is 18.1 Å². The number of amides is 1. The molecule has 0 aliphatic carbocycles. The Hall–Kier alpha value is -1.60. The predicted molar refractivity (Wildman–Crippen MR) is 65.6 cm³/mol. The molecule has 17 heavy (non-hydrogen) atoms. The van der Waals surface area contributed by atoms with Gasteiger partial charge in [-0.3, -0.25) is 4.79 Å². The summed E-state index contributed by atoms with van der Waals surface area (Å²) >= 11 is 5.88. The Morgan fingerprint density at radius 3 is 2.88 bits per heavy atom. The number of hydrogen-bond donors (Lipinski definition) is 0. The molecule has 0 bridgehead atoms. The van der Waals surface area contributed by atoms with Gasteiger partial charge < -0.3 is 4.90 Å². The van der Waals surface area contributed by atoms with Gasteiger partial charge in [-0.2, -0.15) is 5.26 Å². The Morgan fingerprint density at radius 2 is 2.35 bits per heavy atom. The van der Waals surface area contributed by atoms with E-state index >= 15 is 0 Å². The van der Waals surface area contributed by atoms with Gasteiger partial charge in [-0.15, -0.1) is 0 Å². The van der Waals surface area contributed by atoms with Gasteiger partial charge in [0.1, 0.15) is 5.15 Å². The third-order valence-corrected chi connectivity index (χ3v) is 2.64. The van der Waals surface area contributed by atoms with Crippen LogP contribution in [0.15, 0.2) is 18.3 Å². The minimum Gasteiger partial charge on any atom is -0.335 e. The van der Waals surface area contributed by atoms with Crippen LogP contribution in [0.5, 0.6) is 0 Å². The number of hydrogen-bond acceptors (Lipinski definition) is 3. The number of carbonyl (C=O) groups is 1. The number of nitrogens with zero attached hydrogens (tertiary/aromatic N) is 3. The lowest BCUT2D eigenvalue weighted by Crippen LogP contribution is -2.37. The zero-order valence-corrected chi connectivity index (χ0v) is 10.6. The van der Waals surface area contributed by atoms with Crippen LogP contribution in [0.3, 0.4) is 0 Å².